The summed E-state index contributed by atoms with van der Waals surface area (Å²) in [5.41, 5.74) is 2.96. The number of benzene rings is 3. The summed E-state index contributed by atoms with van der Waals surface area (Å²) in [4.78, 5) is 23.8. The Morgan fingerprint density at radius 3 is 2.37 bits per heavy atom. The monoisotopic (exact) mass is 689 g/mol. The van der Waals surface area contributed by atoms with Crippen molar-refractivity contribution in [1.82, 2.24) is 9.88 Å². The first-order valence-corrected chi connectivity index (χ1v) is 17.1. The van der Waals surface area contributed by atoms with E-state index in [4.69, 9.17) is 26.1 Å². The number of rotatable bonds is 11. The van der Waals surface area contributed by atoms with Crippen LogP contribution in [0, 0.1) is 6.92 Å². The zero-order valence-corrected chi connectivity index (χ0v) is 28.2. The molecule has 0 N–H and O–H groups in total. The summed E-state index contributed by atoms with van der Waals surface area (Å²) in [5.74, 6) is 0.857. The number of thioether (sulfide) groups is 1. The fraction of sp³-hybridized carbons (Fsp3) is 0.353. The lowest BCUT2D eigenvalue weighted by Crippen LogP contribution is -2.46. The number of halogens is 4. The van der Waals surface area contributed by atoms with Crippen LogP contribution in [0.25, 0.3) is 10.6 Å². The molecule has 12 heteroatoms. The number of piperazine rings is 1. The van der Waals surface area contributed by atoms with E-state index in [9.17, 15) is 18.0 Å². The van der Waals surface area contributed by atoms with E-state index in [0.29, 0.717) is 40.2 Å². The number of aryl methyl sites for hydroxylation is 1. The zero-order chi connectivity index (χ0) is 32.8. The number of carbonyl (C=O) groups is 1. The van der Waals surface area contributed by atoms with E-state index >= 15 is 0 Å². The molecule has 0 aliphatic carbocycles. The van der Waals surface area contributed by atoms with Gasteiger partial charge in [-0.2, -0.15) is 13.2 Å². The van der Waals surface area contributed by atoms with Gasteiger partial charge in [0.15, 0.2) is 6.10 Å². The highest BCUT2D eigenvalue weighted by Crippen LogP contribution is 2.37. The maximum Gasteiger partial charge on any atom is 0.416 e. The molecule has 3 aromatic carbocycles. The molecule has 0 radical (unpaired) electrons. The minimum absolute atomic E-state index is 0.293. The Labute approximate surface area is 280 Å². The fourth-order valence-electron chi connectivity index (χ4n) is 5.06. The van der Waals surface area contributed by atoms with Crippen molar-refractivity contribution in [3.8, 4) is 16.3 Å². The number of alkyl halides is 3. The molecule has 2 heterocycles. The van der Waals surface area contributed by atoms with Crippen molar-refractivity contribution in [2.75, 3.05) is 37.7 Å². The smallest absolute Gasteiger partial charge is 0.416 e. The van der Waals surface area contributed by atoms with Crippen molar-refractivity contribution < 1.29 is 27.4 Å². The first-order chi connectivity index (χ1) is 22.0. The number of aromatic nitrogens is 1. The third-order valence-electron chi connectivity index (χ3n) is 7.61. The van der Waals surface area contributed by atoms with Gasteiger partial charge >= 0.3 is 12.1 Å². The molecule has 4 aromatic rings. The molecule has 1 fully saturated rings. The molecule has 1 unspecified atom stereocenters. The molecule has 1 aromatic heterocycles. The first kappa shape index (κ1) is 34.1. The van der Waals surface area contributed by atoms with Gasteiger partial charge in [0, 0.05) is 64.5 Å². The van der Waals surface area contributed by atoms with Crippen LogP contribution in [0.4, 0.5) is 18.9 Å². The second-order valence-corrected chi connectivity index (χ2v) is 13.5. The number of ether oxygens (including phenoxy) is 2. The average molecular weight is 690 g/mol. The number of hydrogen-bond donors (Lipinski definition) is 0. The van der Waals surface area contributed by atoms with Gasteiger partial charge in [-0.3, -0.25) is 4.90 Å². The van der Waals surface area contributed by atoms with Gasteiger partial charge < -0.3 is 14.4 Å². The molecule has 0 amide bonds. The molecule has 6 nitrogen and oxygen atoms in total. The second-order valence-electron chi connectivity index (χ2n) is 10.9. The van der Waals surface area contributed by atoms with Crippen molar-refractivity contribution in [2.24, 2.45) is 0 Å². The van der Waals surface area contributed by atoms with E-state index in [0.717, 1.165) is 65.0 Å². The molecule has 1 aliphatic heterocycles. The van der Waals surface area contributed by atoms with Gasteiger partial charge in [0.1, 0.15) is 10.8 Å². The summed E-state index contributed by atoms with van der Waals surface area (Å²) in [5, 5.41) is 1.41. The van der Waals surface area contributed by atoms with E-state index in [1.807, 2.05) is 49.4 Å². The van der Waals surface area contributed by atoms with Crippen LogP contribution in [0.1, 0.15) is 35.5 Å². The Morgan fingerprint density at radius 2 is 1.74 bits per heavy atom. The molecule has 5 rings (SSSR count). The second kappa shape index (κ2) is 15.1. The lowest BCUT2D eigenvalue weighted by Gasteiger charge is -2.36. The van der Waals surface area contributed by atoms with Gasteiger partial charge in [0.05, 0.1) is 17.9 Å². The predicted molar refractivity (Wildman–Crippen MR) is 179 cm³/mol. The number of esters is 1. The van der Waals surface area contributed by atoms with Crippen molar-refractivity contribution in [2.45, 2.75) is 50.2 Å². The van der Waals surface area contributed by atoms with Crippen LogP contribution >= 0.6 is 34.7 Å². The van der Waals surface area contributed by atoms with Crippen LogP contribution < -0.4 is 9.64 Å². The summed E-state index contributed by atoms with van der Waals surface area (Å²) < 4.78 is 50.4. The highest BCUT2D eigenvalue weighted by Gasteiger charge is 2.30. The summed E-state index contributed by atoms with van der Waals surface area (Å²) in [6.45, 7) is 9.74. The molecule has 0 spiro atoms. The summed E-state index contributed by atoms with van der Waals surface area (Å²) in [7, 11) is 0. The van der Waals surface area contributed by atoms with Gasteiger partial charge in [0.2, 0.25) is 0 Å². The van der Waals surface area contributed by atoms with Crippen LogP contribution in [-0.2, 0) is 28.0 Å². The van der Waals surface area contributed by atoms with E-state index < -0.39 is 23.8 Å². The van der Waals surface area contributed by atoms with Gasteiger partial charge in [-0.15, -0.1) is 23.1 Å². The average Bonchev–Trinajstić information content (AvgIpc) is 3.44. The predicted octanol–water partition coefficient (Wildman–Crippen LogP) is 8.74. The van der Waals surface area contributed by atoms with Crippen LogP contribution in [0.2, 0.25) is 5.02 Å². The molecular weight excluding hydrogens is 655 g/mol. The highest BCUT2D eigenvalue weighted by atomic mass is 35.5. The third kappa shape index (κ3) is 8.76. The summed E-state index contributed by atoms with van der Waals surface area (Å²) in [6.07, 6.45) is -5.11. The summed E-state index contributed by atoms with van der Waals surface area (Å²) >= 11 is 9.24. The number of carbonyl (C=O) groups excluding carboxylic acids is 1. The number of anilines is 1. The quantitative estimate of drug-likeness (QED) is 0.115. The topological polar surface area (TPSA) is 54.9 Å². The standard InChI is InChI=1S/C34H35ClF3N3O3S2/c1-4-43-33(42)23(3)44-30-14-13-28(19-22(30)2)45-21-31-29(39-32(46-31)24-5-7-25(8-6-24)34(36,37)38)20-40-15-17-41(18-16-40)27-11-9-26(35)10-12-27/h5-14,19,23H,4,15-18,20-21H2,1-3H3. The van der Waals surface area contributed by atoms with Gasteiger partial charge in [-0.25, -0.2) is 9.78 Å². The highest BCUT2D eigenvalue weighted by molar-refractivity contribution is 7.98. The minimum Gasteiger partial charge on any atom is -0.479 e. The molecule has 46 heavy (non-hydrogen) atoms. The van der Waals surface area contributed by atoms with Crippen LogP contribution in [0.3, 0.4) is 0 Å². The molecule has 1 saturated heterocycles. The van der Waals surface area contributed by atoms with E-state index in [1.165, 1.54) is 23.5 Å². The maximum atomic E-state index is 13.2. The Bertz CT molecular complexity index is 1620. The van der Waals surface area contributed by atoms with Crippen molar-refractivity contribution in [3.63, 3.8) is 0 Å². The van der Waals surface area contributed by atoms with Gasteiger partial charge in [-0.1, -0.05) is 23.7 Å². The van der Waals surface area contributed by atoms with Crippen LogP contribution in [0.15, 0.2) is 71.6 Å². The number of thiazole rings is 1. The largest absolute Gasteiger partial charge is 0.479 e. The first-order valence-electron chi connectivity index (χ1n) is 15.0. The van der Waals surface area contributed by atoms with Gasteiger partial charge in [0.25, 0.3) is 0 Å². The van der Waals surface area contributed by atoms with Crippen molar-refractivity contribution >= 4 is 46.4 Å². The molecule has 1 aliphatic rings. The third-order valence-corrected chi connectivity index (χ3v) is 10.2. The molecular formula is C34H35ClF3N3O3S2. The molecule has 0 saturated carbocycles. The SMILES string of the molecule is CCOC(=O)C(C)Oc1ccc(SCc2sc(-c3ccc(C(F)(F)F)cc3)nc2CN2CCN(c3ccc(Cl)cc3)CC2)cc1C. The lowest BCUT2D eigenvalue weighted by atomic mass is 10.1. The van der Waals surface area contributed by atoms with Crippen molar-refractivity contribution in [3.05, 3.63) is 93.5 Å². The Balaban J connectivity index is 1.30. The number of hydrogen-bond acceptors (Lipinski definition) is 8. The molecule has 244 valence electrons. The Kier molecular flexibility index (Phi) is 11.2. The molecule has 1 atom stereocenters. The van der Waals surface area contributed by atoms with Crippen LogP contribution in [-0.4, -0.2) is 54.7 Å². The van der Waals surface area contributed by atoms with E-state index in [1.54, 1.807) is 25.6 Å². The maximum absolute atomic E-state index is 13.2. The minimum atomic E-state index is -4.39. The normalized spacial score (nSPS) is 14.7. The zero-order valence-electron chi connectivity index (χ0n) is 25.8. The van der Waals surface area contributed by atoms with E-state index in [2.05, 4.69) is 9.80 Å². The Morgan fingerprint density at radius 1 is 1.04 bits per heavy atom. The lowest BCUT2D eigenvalue weighted by molar-refractivity contribution is -0.150. The fourth-order valence-corrected chi connectivity index (χ4v) is 7.36. The van der Waals surface area contributed by atoms with Gasteiger partial charge in [-0.05, 0) is 80.9 Å². The number of nitrogens with zero attached hydrogens (tertiary/aromatic N) is 3. The van der Waals surface area contributed by atoms with Crippen molar-refractivity contribution in [1.29, 1.82) is 0 Å². The Hall–Kier alpha value is -3.25. The van der Waals surface area contributed by atoms with Crippen LogP contribution in [0.5, 0.6) is 5.75 Å². The van der Waals surface area contributed by atoms with E-state index in [-0.39, 0.29) is 0 Å². The summed E-state index contributed by atoms with van der Waals surface area (Å²) in [6, 6.07) is 18.9. The molecule has 0 bridgehead atoms.